The van der Waals surface area contributed by atoms with Gasteiger partial charge < -0.3 is 15.0 Å². The Morgan fingerprint density at radius 2 is 1.68 bits per heavy atom. The molecule has 3 aromatic carbocycles. The van der Waals surface area contributed by atoms with Gasteiger partial charge in [0.15, 0.2) is 6.61 Å². The highest BCUT2D eigenvalue weighted by Gasteiger charge is 2.62. The van der Waals surface area contributed by atoms with Crippen molar-refractivity contribution in [1.82, 2.24) is 4.90 Å². The van der Waals surface area contributed by atoms with E-state index in [0.29, 0.717) is 16.9 Å². The molecule has 1 atom stereocenters. The lowest BCUT2D eigenvalue weighted by Crippen LogP contribution is -2.68. The summed E-state index contributed by atoms with van der Waals surface area (Å²) in [4.78, 5) is 56.0. The predicted molar refractivity (Wildman–Crippen MR) is 138 cm³/mol. The van der Waals surface area contributed by atoms with Crippen LogP contribution in [0, 0.1) is 13.8 Å². The highest BCUT2D eigenvalue weighted by atomic mass is 16.5. The molecule has 1 N–H and O–H groups in total. The Hall–Kier alpha value is -4.46. The summed E-state index contributed by atoms with van der Waals surface area (Å²) in [5.74, 6) is -1.98. The van der Waals surface area contributed by atoms with Crippen LogP contribution in [0.2, 0.25) is 0 Å². The zero-order chi connectivity index (χ0) is 26.2. The summed E-state index contributed by atoms with van der Waals surface area (Å²) in [5.41, 5.74) is 2.53. The number of hydrogen-bond acceptors (Lipinski definition) is 5. The summed E-state index contributed by atoms with van der Waals surface area (Å²) in [5, 5.41) is 2.73. The molecule has 37 heavy (non-hydrogen) atoms. The lowest BCUT2D eigenvalue weighted by atomic mass is 9.95. The summed E-state index contributed by atoms with van der Waals surface area (Å²) in [6.45, 7) is 3.46. The Morgan fingerprint density at radius 1 is 0.946 bits per heavy atom. The van der Waals surface area contributed by atoms with E-state index in [1.165, 1.54) is 9.80 Å². The van der Waals surface area contributed by atoms with Crippen molar-refractivity contribution in [1.29, 1.82) is 0 Å². The average Bonchev–Trinajstić information content (AvgIpc) is 3.26. The third kappa shape index (κ3) is 4.24. The number of hydrogen-bond donors (Lipinski definition) is 1. The Morgan fingerprint density at radius 3 is 2.43 bits per heavy atom. The van der Waals surface area contributed by atoms with Crippen LogP contribution in [0.3, 0.4) is 0 Å². The summed E-state index contributed by atoms with van der Waals surface area (Å²) in [6.07, 6.45) is 0.132. The van der Waals surface area contributed by atoms with E-state index in [1.54, 1.807) is 30.3 Å². The minimum Gasteiger partial charge on any atom is -0.452 e. The standard InChI is InChI=1S/C29H27N3O5/c1-19-12-13-22(16-20(19)2)30-25(33)18-37-28(36)29-15-14-26(34)32(29)24-11-7-6-10-23(24)27(35)31(29)17-21-8-4-3-5-9-21/h3-13,16H,14-15,17-18H2,1-2H3,(H,30,33)/t29-/m1/s1. The van der Waals surface area contributed by atoms with Gasteiger partial charge in [0.1, 0.15) is 0 Å². The Kier molecular flexibility index (Phi) is 6.25. The Balaban J connectivity index is 1.45. The molecule has 8 heteroatoms. The molecule has 8 nitrogen and oxygen atoms in total. The van der Waals surface area contributed by atoms with Crippen LogP contribution in [0.25, 0.3) is 0 Å². The van der Waals surface area contributed by atoms with Crippen LogP contribution in [-0.2, 0) is 25.7 Å². The maximum Gasteiger partial charge on any atom is 0.354 e. The van der Waals surface area contributed by atoms with Crippen molar-refractivity contribution >= 4 is 35.1 Å². The van der Waals surface area contributed by atoms with Crippen molar-refractivity contribution in [3.63, 3.8) is 0 Å². The molecule has 0 bridgehead atoms. The maximum atomic E-state index is 13.8. The second kappa shape index (κ2) is 9.54. The highest BCUT2D eigenvalue weighted by Crippen LogP contribution is 2.45. The second-order valence-electron chi connectivity index (χ2n) is 9.36. The van der Waals surface area contributed by atoms with E-state index in [2.05, 4.69) is 5.32 Å². The average molecular weight is 498 g/mol. The molecule has 2 aliphatic heterocycles. The lowest BCUT2D eigenvalue weighted by molar-refractivity contribution is -0.159. The molecule has 0 aliphatic carbocycles. The Labute approximate surface area is 214 Å². The van der Waals surface area contributed by atoms with Crippen molar-refractivity contribution in [2.45, 2.75) is 38.9 Å². The summed E-state index contributed by atoms with van der Waals surface area (Å²) < 4.78 is 5.52. The van der Waals surface area contributed by atoms with Gasteiger partial charge >= 0.3 is 5.97 Å². The number of para-hydroxylation sites is 1. The fraction of sp³-hybridized carbons (Fsp3) is 0.241. The van der Waals surface area contributed by atoms with E-state index < -0.39 is 24.1 Å². The van der Waals surface area contributed by atoms with Gasteiger partial charge in [0.25, 0.3) is 11.8 Å². The monoisotopic (exact) mass is 497 g/mol. The number of carbonyl (C=O) groups excluding carboxylic acids is 4. The number of benzene rings is 3. The number of nitrogens with zero attached hydrogens (tertiary/aromatic N) is 2. The topological polar surface area (TPSA) is 96.0 Å². The van der Waals surface area contributed by atoms with Crippen LogP contribution in [0.4, 0.5) is 11.4 Å². The van der Waals surface area contributed by atoms with E-state index in [-0.39, 0.29) is 31.2 Å². The van der Waals surface area contributed by atoms with E-state index in [9.17, 15) is 19.2 Å². The summed E-state index contributed by atoms with van der Waals surface area (Å²) in [7, 11) is 0. The fourth-order valence-electron chi connectivity index (χ4n) is 5.00. The molecule has 2 aliphatic rings. The predicted octanol–water partition coefficient (Wildman–Crippen LogP) is 3.96. The molecule has 188 valence electrons. The van der Waals surface area contributed by atoms with E-state index in [4.69, 9.17) is 4.74 Å². The minimum atomic E-state index is -1.68. The number of esters is 1. The van der Waals surface area contributed by atoms with Crippen LogP contribution in [-0.4, -0.2) is 40.9 Å². The first-order chi connectivity index (χ1) is 17.8. The van der Waals surface area contributed by atoms with Crippen LogP contribution >= 0.6 is 0 Å². The van der Waals surface area contributed by atoms with E-state index in [1.807, 2.05) is 56.3 Å². The zero-order valence-electron chi connectivity index (χ0n) is 20.7. The normalized spacial score (nSPS) is 18.3. The molecule has 0 radical (unpaired) electrons. The van der Waals surface area contributed by atoms with Crippen molar-refractivity contribution in [3.05, 3.63) is 95.1 Å². The van der Waals surface area contributed by atoms with Crippen molar-refractivity contribution < 1.29 is 23.9 Å². The van der Waals surface area contributed by atoms with E-state index in [0.717, 1.165) is 16.7 Å². The number of nitrogens with one attached hydrogen (secondary N) is 1. The molecular weight excluding hydrogens is 470 g/mol. The molecule has 1 saturated heterocycles. The van der Waals surface area contributed by atoms with Gasteiger partial charge in [0.05, 0.1) is 11.3 Å². The number of ether oxygens (including phenoxy) is 1. The van der Waals surface area contributed by atoms with Gasteiger partial charge in [0, 0.05) is 25.1 Å². The quantitative estimate of drug-likeness (QED) is 0.520. The number of fused-ring (bicyclic) bond motifs is 3. The number of anilines is 2. The Bertz CT molecular complexity index is 1400. The van der Waals surface area contributed by atoms with Gasteiger partial charge in [-0.1, -0.05) is 48.5 Å². The van der Waals surface area contributed by atoms with Gasteiger partial charge in [-0.3, -0.25) is 19.3 Å². The fourth-order valence-corrected chi connectivity index (χ4v) is 5.00. The lowest BCUT2D eigenvalue weighted by Gasteiger charge is -2.48. The number of rotatable bonds is 6. The SMILES string of the molecule is Cc1ccc(NC(=O)COC(=O)[C@@]23CCC(=O)N2c2ccccc2C(=O)N3Cc2ccccc2)cc1C. The first-order valence-corrected chi connectivity index (χ1v) is 12.1. The molecule has 5 rings (SSSR count). The third-order valence-corrected chi connectivity index (χ3v) is 7.01. The highest BCUT2D eigenvalue weighted by molar-refractivity contribution is 6.15. The molecule has 3 amide bonds. The molecule has 3 aromatic rings. The van der Waals surface area contributed by atoms with Gasteiger partial charge in [-0.25, -0.2) is 4.79 Å². The van der Waals surface area contributed by atoms with E-state index >= 15 is 0 Å². The molecule has 0 unspecified atom stereocenters. The van der Waals surface area contributed by atoms with Crippen LogP contribution in [0.5, 0.6) is 0 Å². The van der Waals surface area contributed by atoms with Crippen molar-refractivity contribution in [2.24, 2.45) is 0 Å². The van der Waals surface area contributed by atoms with Crippen molar-refractivity contribution in [2.75, 3.05) is 16.8 Å². The van der Waals surface area contributed by atoms with Crippen LogP contribution in [0.1, 0.15) is 39.9 Å². The van der Waals surface area contributed by atoms with Crippen LogP contribution < -0.4 is 10.2 Å². The first kappa shape index (κ1) is 24.2. The maximum absolute atomic E-state index is 13.8. The second-order valence-corrected chi connectivity index (χ2v) is 9.36. The smallest absolute Gasteiger partial charge is 0.354 e. The van der Waals surface area contributed by atoms with Gasteiger partial charge in [-0.2, -0.15) is 0 Å². The van der Waals surface area contributed by atoms with Crippen LogP contribution in [0.15, 0.2) is 72.8 Å². The summed E-state index contributed by atoms with van der Waals surface area (Å²) >= 11 is 0. The number of aryl methyl sites for hydroxylation is 2. The van der Waals surface area contributed by atoms with Crippen molar-refractivity contribution in [3.8, 4) is 0 Å². The molecule has 2 heterocycles. The minimum absolute atomic E-state index is 0.0658. The molecule has 0 aromatic heterocycles. The largest absolute Gasteiger partial charge is 0.452 e. The zero-order valence-corrected chi connectivity index (χ0v) is 20.7. The van der Waals surface area contributed by atoms with Gasteiger partial charge in [0.2, 0.25) is 11.6 Å². The molecule has 1 fully saturated rings. The van der Waals surface area contributed by atoms with Gasteiger partial charge in [-0.15, -0.1) is 0 Å². The summed E-state index contributed by atoms with van der Waals surface area (Å²) in [6, 6.07) is 21.5. The third-order valence-electron chi connectivity index (χ3n) is 7.01. The molecule has 0 saturated carbocycles. The number of amides is 3. The molecular formula is C29H27N3O5. The van der Waals surface area contributed by atoms with Gasteiger partial charge in [-0.05, 0) is 54.8 Å². The first-order valence-electron chi connectivity index (χ1n) is 12.1. The number of carbonyl (C=O) groups is 4. The molecule has 0 spiro atoms.